The number of ether oxygens (including phenoxy) is 1. The van der Waals surface area contributed by atoms with Gasteiger partial charge in [0.15, 0.2) is 0 Å². The first-order chi connectivity index (χ1) is 9.67. The summed E-state index contributed by atoms with van der Waals surface area (Å²) in [7, 11) is 0. The molecule has 3 atom stereocenters. The van der Waals surface area contributed by atoms with Crippen molar-refractivity contribution in [1.29, 1.82) is 0 Å². The Labute approximate surface area is 123 Å². The third-order valence-corrected chi connectivity index (χ3v) is 4.57. The largest absolute Gasteiger partial charge is 0.494 e. The molecule has 3 nitrogen and oxygen atoms in total. The number of piperidine rings is 1. The number of likely N-dealkylation sites (tertiary alicyclic amines) is 1. The van der Waals surface area contributed by atoms with Crippen LogP contribution in [0.2, 0.25) is 0 Å². The van der Waals surface area contributed by atoms with Crippen molar-refractivity contribution in [3.63, 3.8) is 0 Å². The first-order valence-corrected chi connectivity index (χ1v) is 7.88. The molecule has 1 aliphatic rings. The van der Waals surface area contributed by atoms with Crippen molar-refractivity contribution >= 4 is 0 Å². The molecule has 0 bridgehead atoms. The van der Waals surface area contributed by atoms with E-state index in [0.29, 0.717) is 24.6 Å². The van der Waals surface area contributed by atoms with Gasteiger partial charge in [-0.3, -0.25) is 4.90 Å². The minimum Gasteiger partial charge on any atom is -0.494 e. The normalized spacial score (nSPS) is 25.4. The Kier molecular flexibility index (Phi) is 5.44. The number of benzene rings is 1. The van der Waals surface area contributed by atoms with Crippen LogP contribution in [0, 0.1) is 5.92 Å². The molecule has 2 rings (SSSR count). The maximum Gasteiger partial charge on any atom is 0.124 e. The van der Waals surface area contributed by atoms with Gasteiger partial charge in [0, 0.05) is 30.7 Å². The zero-order valence-electron chi connectivity index (χ0n) is 13.0. The lowest BCUT2D eigenvalue weighted by molar-refractivity contribution is 0.112. The monoisotopic (exact) mass is 276 g/mol. The van der Waals surface area contributed by atoms with E-state index in [9.17, 15) is 0 Å². The third-order valence-electron chi connectivity index (χ3n) is 4.57. The molecular weight excluding hydrogens is 248 g/mol. The van der Waals surface area contributed by atoms with Gasteiger partial charge < -0.3 is 10.5 Å². The van der Waals surface area contributed by atoms with E-state index in [1.165, 1.54) is 5.56 Å². The second kappa shape index (κ2) is 7.09. The number of nitrogens with two attached hydrogens (primary N) is 1. The maximum absolute atomic E-state index is 6.22. The number of para-hydroxylation sites is 1. The zero-order chi connectivity index (χ0) is 14.5. The molecule has 0 radical (unpaired) electrons. The second-order valence-corrected chi connectivity index (χ2v) is 5.76. The highest BCUT2D eigenvalue weighted by Gasteiger charge is 2.29. The van der Waals surface area contributed by atoms with Gasteiger partial charge in [0.2, 0.25) is 0 Å². The molecule has 1 fully saturated rings. The number of rotatable bonds is 5. The predicted octanol–water partition coefficient (Wildman–Crippen LogP) is 3.21. The van der Waals surface area contributed by atoms with Crippen molar-refractivity contribution in [3.8, 4) is 5.75 Å². The van der Waals surface area contributed by atoms with Crippen LogP contribution in [0.25, 0.3) is 0 Å². The molecule has 1 saturated heterocycles. The van der Waals surface area contributed by atoms with Crippen molar-refractivity contribution in [2.45, 2.75) is 45.7 Å². The maximum atomic E-state index is 6.22. The fraction of sp³-hybridized carbons (Fsp3) is 0.647. The first-order valence-electron chi connectivity index (χ1n) is 7.88. The molecule has 0 saturated carbocycles. The van der Waals surface area contributed by atoms with Gasteiger partial charge in [-0.2, -0.15) is 0 Å². The predicted molar refractivity (Wildman–Crippen MR) is 84.0 cm³/mol. The molecule has 1 heterocycles. The molecule has 1 aromatic carbocycles. The highest BCUT2D eigenvalue weighted by atomic mass is 16.5. The van der Waals surface area contributed by atoms with E-state index in [-0.39, 0.29) is 0 Å². The molecule has 3 unspecified atom stereocenters. The zero-order valence-corrected chi connectivity index (χ0v) is 13.0. The fourth-order valence-electron chi connectivity index (χ4n) is 3.17. The van der Waals surface area contributed by atoms with Crippen molar-refractivity contribution in [1.82, 2.24) is 4.90 Å². The van der Waals surface area contributed by atoms with Gasteiger partial charge in [-0.05, 0) is 32.3 Å². The van der Waals surface area contributed by atoms with Crippen LogP contribution in [-0.4, -0.2) is 30.6 Å². The van der Waals surface area contributed by atoms with Gasteiger partial charge in [-0.15, -0.1) is 0 Å². The summed E-state index contributed by atoms with van der Waals surface area (Å²) in [6, 6.07) is 9.15. The SMILES string of the molecule is CCOc1ccccc1C(C)N1CCC(N)C(CC)C1. The van der Waals surface area contributed by atoms with E-state index in [2.05, 4.69) is 36.9 Å². The number of hydrogen-bond acceptors (Lipinski definition) is 3. The van der Waals surface area contributed by atoms with Crippen LogP contribution < -0.4 is 10.5 Å². The fourth-order valence-corrected chi connectivity index (χ4v) is 3.17. The summed E-state index contributed by atoms with van der Waals surface area (Å²) >= 11 is 0. The Morgan fingerprint density at radius 2 is 2.10 bits per heavy atom. The van der Waals surface area contributed by atoms with Gasteiger partial charge in [-0.25, -0.2) is 0 Å². The van der Waals surface area contributed by atoms with E-state index in [1.807, 2.05) is 13.0 Å². The minimum absolute atomic E-state index is 0.366. The van der Waals surface area contributed by atoms with Gasteiger partial charge in [0.1, 0.15) is 5.75 Å². The molecule has 3 heteroatoms. The summed E-state index contributed by atoms with van der Waals surface area (Å²) in [5.41, 5.74) is 7.51. The van der Waals surface area contributed by atoms with E-state index in [0.717, 1.165) is 31.7 Å². The lowest BCUT2D eigenvalue weighted by atomic mass is 9.89. The van der Waals surface area contributed by atoms with Crippen molar-refractivity contribution in [2.24, 2.45) is 11.7 Å². The van der Waals surface area contributed by atoms with Crippen LogP contribution in [-0.2, 0) is 0 Å². The van der Waals surface area contributed by atoms with E-state index < -0.39 is 0 Å². The standard InChI is InChI=1S/C17H28N2O/c1-4-14-12-19(11-10-16(14)18)13(3)15-8-6-7-9-17(15)20-5-2/h6-9,13-14,16H,4-5,10-12,18H2,1-3H3. The lowest BCUT2D eigenvalue weighted by Gasteiger charge is -2.40. The highest BCUT2D eigenvalue weighted by molar-refractivity contribution is 5.35. The lowest BCUT2D eigenvalue weighted by Crippen LogP contribution is -2.47. The summed E-state index contributed by atoms with van der Waals surface area (Å²) in [4.78, 5) is 2.55. The average molecular weight is 276 g/mol. The molecule has 0 aliphatic carbocycles. The van der Waals surface area contributed by atoms with Crippen LogP contribution >= 0.6 is 0 Å². The highest BCUT2D eigenvalue weighted by Crippen LogP contribution is 2.32. The summed E-state index contributed by atoms with van der Waals surface area (Å²) in [6.45, 7) is 9.45. The van der Waals surface area contributed by atoms with Gasteiger partial charge in [-0.1, -0.05) is 31.5 Å². The molecule has 112 valence electrons. The molecule has 0 amide bonds. The van der Waals surface area contributed by atoms with Crippen LogP contribution in [0.1, 0.15) is 45.2 Å². The van der Waals surface area contributed by atoms with Crippen LogP contribution in [0.4, 0.5) is 0 Å². The van der Waals surface area contributed by atoms with Gasteiger partial charge >= 0.3 is 0 Å². The Morgan fingerprint density at radius 1 is 1.35 bits per heavy atom. The molecule has 20 heavy (non-hydrogen) atoms. The second-order valence-electron chi connectivity index (χ2n) is 5.76. The van der Waals surface area contributed by atoms with E-state index in [1.54, 1.807) is 0 Å². The van der Waals surface area contributed by atoms with Gasteiger partial charge in [0.25, 0.3) is 0 Å². The smallest absolute Gasteiger partial charge is 0.124 e. The van der Waals surface area contributed by atoms with Crippen LogP contribution in [0.5, 0.6) is 5.75 Å². The Balaban J connectivity index is 2.13. The van der Waals surface area contributed by atoms with E-state index in [4.69, 9.17) is 10.5 Å². The number of hydrogen-bond donors (Lipinski definition) is 1. The van der Waals surface area contributed by atoms with E-state index >= 15 is 0 Å². The molecule has 0 spiro atoms. The van der Waals surface area contributed by atoms with Crippen molar-refractivity contribution < 1.29 is 4.74 Å². The first kappa shape index (κ1) is 15.3. The van der Waals surface area contributed by atoms with Crippen LogP contribution in [0.15, 0.2) is 24.3 Å². The third kappa shape index (κ3) is 3.33. The molecule has 2 N–H and O–H groups in total. The van der Waals surface area contributed by atoms with Gasteiger partial charge in [0.05, 0.1) is 6.61 Å². The summed E-state index contributed by atoms with van der Waals surface area (Å²) < 4.78 is 5.77. The quantitative estimate of drug-likeness (QED) is 0.897. The Bertz CT molecular complexity index is 421. The summed E-state index contributed by atoms with van der Waals surface area (Å²) in [5.74, 6) is 1.64. The Hall–Kier alpha value is -1.06. The summed E-state index contributed by atoms with van der Waals surface area (Å²) in [6.07, 6.45) is 2.26. The van der Waals surface area contributed by atoms with Crippen molar-refractivity contribution in [3.05, 3.63) is 29.8 Å². The summed E-state index contributed by atoms with van der Waals surface area (Å²) in [5, 5.41) is 0. The molecule has 1 aromatic rings. The molecule has 0 aromatic heterocycles. The molecular formula is C17H28N2O. The molecule has 1 aliphatic heterocycles. The van der Waals surface area contributed by atoms with Crippen LogP contribution in [0.3, 0.4) is 0 Å². The number of nitrogens with zero attached hydrogens (tertiary/aromatic N) is 1. The minimum atomic E-state index is 0.366. The average Bonchev–Trinajstić information content (AvgIpc) is 2.48. The van der Waals surface area contributed by atoms with Crippen molar-refractivity contribution in [2.75, 3.05) is 19.7 Å². The topological polar surface area (TPSA) is 38.5 Å². The Morgan fingerprint density at radius 3 is 2.80 bits per heavy atom.